The van der Waals surface area contributed by atoms with Crippen LogP contribution in [-0.4, -0.2) is 82.6 Å². The van der Waals surface area contributed by atoms with Crippen molar-refractivity contribution in [3.8, 4) is 0 Å². The predicted octanol–water partition coefficient (Wildman–Crippen LogP) is 2.85. The molecule has 4 heterocycles. The summed E-state index contributed by atoms with van der Waals surface area (Å²) in [4.78, 5) is 7.12. The Morgan fingerprint density at radius 3 is 2.69 bits per heavy atom. The van der Waals surface area contributed by atoms with Crippen LogP contribution >= 0.6 is 0 Å². The molecule has 0 spiro atoms. The van der Waals surface area contributed by atoms with Gasteiger partial charge in [0.15, 0.2) is 5.82 Å². The van der Waals surface area contributed by atoms with Gasteiger partial charge >= 0.3 is 0 Å². The monoisotopic (exact) mass is 447 g/mol. The minimum Gasteiger partial charge on any atom is -0.378 e. The van der Waals surface area contributed by atoms with Crippen LogP contribution in [0.3, 0.4) is 0 Å². The zero-order valence-electron chi connectivity index (χ0n) is 18.3. The maximum atomic E-state index is 13.8. The van der Waals surface area contributed by atoms with Crippen molar-refractivity contribution in [2.75, 3.05) is 32.8 Å². The Morgan fingerprint density at radius 2 is 1.94 bits per heavy atom. The number of aromatic nitrogens is 2. The van der Waals surface area contributed by atoms with E-state index in [1.807, 2.05) is 9.69 Å². The molecule has 0 amide bonds. The van der Waals surface area contributed by atoms with Crippen LogP contribution in [0.4, 0.5) is 14.6 Å². The number of aryl methyl sites for hydroxylation is 1. The number of nitrogens with one attached hydrogen (secondary N) is 1. The van der Waals surface area contributed by atoms with Crippen LogP contribution in [0.2, 0.25) is 0 Å². The summed E-state index contributed by atoms with van der Waals surface area (Å²) in [7, 11) is 0. The molecule has 5 rings (SSSR count). The first-order chi connectivity index (χ1) is 15.6. The number of aliphatic imine (C=N–C) groups is 1. The Kier molecular flexibility index (Phi) is 6.12. The molecule has 1 N–H and O–H groups in total. The van der Waals surface area contributed by atoms with E-state index in [4.69, 9.17) is 9.73 Å². The molecule has 1 atom stereocenters. The molecule has 0 bridgehead atoms. The van der Waals surface area contributed by atoms with E-state index in [2.05, 4.69) is 27.0 Å². The fourth-order valence-electron chi connectivity index (χ4n) is 5.06. The maximum absolute atomic E-state index is 13.8. The van der Waals surface area contributed by atoms with E-state index in [9.17, 15) is 8.78 Å². The van der Waals surface area contributed by atoms with Gasteiger partial charge in [0.05, 0.1) is 44.1 Å². The molecule has 1 saturated carbocycles. The lowest BCUT2D eigenvalue weighted by Crippen LogP contribution is -2.42. The topological polar surface area (TPSA) is 70.3 Å². The molecular weight excluding hydrogens is 416 g/mol. The van der Waals surface area contributed by atoms with Crippen LogP contribution in [0.15, 0.2) is 22.9 Å². The maximum Gasteiger partial charge on any atom is 0.280 e. The average molecular weight is 448 g/mol. The minimum atomic E-state index is -2.60. The fraction of sp³-hybridized carbons (Fsp3) is 0.682. The largest absolute Gasteiger partial charge is 0.378 e. The van der Waals surface area contributed by atoms with Gasteiger partial charge in [-0.1, -0.05) is 25.8 Å². The fourth-order valence-corrected chi connectivity index (χ4v) is 5.06. The number of alkyl halides is 2. The van der Waals surface area contributed by atoms with Gasteiger partial charge in [0, 0.05) is 31.2 Å². The summed E-state index contributed by atoms with van der Waals surface area (Å²) in [5.41, 5.74) is 1.21. The SMILES string of the molecule is C=C(NC1CN(C2CCCCC2)N=C1C(F)F)c1cnn2c1N=C(N1CCOCC1)CC2. The van der Waals surface area contributed by atoms with Crippen molar-refractivity contribution in [3.05, 3.63) is 18.3 Å². The van der Waals surface area contributed by atoms with Gasteiger partial charge in [-0.3, -0.25) is 5.01 Å². The summed E-state index contributed by atoms with van der Waals surface area (Å²) >= 11 is 0. The van der Waals surface area contributed by atoms with Crippen molar-refractivity contribution in [2.24, 2.45) is 10.1 Å². The summed E-state index contributed by atoms with van der Waals surface area (Å²) in [6, 6.07) is -0.312. The van der Waals surface area contributed by atoms with Crippen molar-refractivity contribution in [2.45, 2.75) is 63.6 Å². The molecule has 0 radical (unpaired) electrons. The summed E-state index contributed by atoms with van der Waals surface area (Å²) < 4.78 is 34.9. The van der Waals surface area contributed by atoms with Crippen LogP contribution in [0.25, 0.3) is 5.70 Å². The van der Waals surface area contributed by atoms with Crippen molar-refractivity contribution >= 4 is 23.1 Å². The molecule has 174 valence electrons. The summed E-state index contributed by atoms with van der Waals surface area (Å²) in [5, 5.41) is 13.9. The van der Waals surface area contributed by atoms with E-state index in [0.717, 1.165) is 69.0 Å². The third-order valence-electron chi connectivity index (χ3n) is 6.83. The summed E-state index contributed by atoms with van der Waals surface area (Å²) in [5.74, 6) is 1.75. The molecule has 3 aliphatic heterocycles. The quantitative estimate of drug-likeness (QED) is 0.752. The Bertz CT molecular complexity index is 900. The Labute approximate surface area is 187 Å². The Morgan fingerprint density at radius 1 is 1.16 bits per heavy atom. The number of halogens is 2. The number of hydrogen-bond acceptors (Lipinski definition) is 7. The van der Waals surface area contributed by atoms with E-state index in [0.29, 0.717) is 25.5 Å². The Hall–Kier alpha value is -2.49. The van der Waals surface area contributed by atoms with Gasteiger partial charge in [-0.15, -0.1) is 0 Å². The van der Waals surface area contributed by atoms with Gasteiger partial charge < -0.3 is 15.0 Å². The predicted molar refractivity (Wildman–Crippen MR) is 119 cm³/mol. The number of fused-ring (bicyclic) bond motifs is 1. The van der Waals surface area contributed by atoms with Gasteiger partial charge in [0.25, 0.3) is 6.43 Å². The Balaban J connectivity index is 1.31. The number of amidine groups is 1. The van der Waals surface area contributed by atoms with Crippen molar-refractivity contribution in [3.63, 3.8) is 0 Å². The van der Waals surface area contributed by atoms with Gasteiger partial charge in [-0.05, 0) is 12.8 Å². The molecule has 10 heteroatoms. The van der Waals surface area contributed by atoms with E-state index in [1.165, 1.54) is 6.42 Å². The highest BCUT2D eigenvalue weighted by molar-refractivity contribution is 5.95. The molecule has 4 aliphatic rings. The highest BCUT2D eigenvalue weighted by Crippen LogP contribution is 2.31. The lowest BCUT2D eigenvalue weighted by Gasteiger charge is -2.31. The van der Waals surface area contributed by atoms with Gasteiger partial charge in [0.2, 0.25) is 0 Å². The summed E-state index contributed by atoms with van der Waals surface area (Å²) in [6.45, 7) is 8.39. The minimum absolute atomic E-state index is 0.102. The van der Waals surface area contributed by atoms with Crippen LogP contribution < -0.4 is 5.32 Å². The standard InChI is InChI=1S/C22H31F2N7O/c1-15(26-18-14-31(28-20(18)21(23)24)16-5-3-2-4-6-16)17-13-25-30-8-7-19(27-22(17)30)29-9-11-32-12-10-29/h13,16,18,21,26H,1-12,14H2. The number of nitrogens with zero attached hydrogens (tertiary/aromatic N) is 6. The molecule has 1 saturated heterocycles. The summed E-state index contributed by atoms with van der Waals surface area (Å²) in [6.07, 6.45) is 5.47. The van der Waals surface area contributed by atoms with Crippen LogP contribution in [0, 0.1) is 0 Å². The highest BCUT2D eigenvalue weighted by Gasteiger charge is 2.36. The molecule has 1 aromatic heterocycles. The molecule has 32 heavy (non-hydrogen) atoms. The lowest BCUT2D eigenvalue weighted by molar-refractivity contribution is 0.0669. The first-order valence-corrected chi connectivity index (χ1v) is 11.6. The number of morpholine rings is 1. The second-order valence-corrected chi connectivity index (χ2v) is 8.90. The van der Waals surface area contributed by atoms with E-state index < -0.39 is 12.5 Å². The molecule has 8 nitrogen and oxygen atoms in total. The van der Waals surface area contributed by atoms with E-state index in [-0.39, 0.29) is 11.8 Å². The van der Waals surface area contributed by atoms with Crippen LogP contribution in [0.5, 0.6) is 0 Å². The third kappa shape index (κ3) is 4.24. The molecule has 1 aromatic rings. The van der Waals surface area contributed by atoms with Gasteiger partial charge in [-0.2, -0.15) is 10.2 Å². The molecule has 1 unspecified atom stereocenters. The lowest BCUT2D eigenvalue weighted by atomic mass is 9.95. The number of ether oxygens (including phenoxy) is 1. The molecular formula is C22H31F2N7O. The van der Waals surface area contributed by atoms with Gasteiger partial charge in [-0.25, -0.2) is 18.5 Å². The van der Waals surface area contributed by atoms with E-state index in [1.54, 1.807) is 6.20 Å². The average Bonchev–Trinajstić information content (AvgIpc) is 3.44. The van der Waals surface area contributed by atoms with E-state index >= 15 is 0 Å². The number of hydrogen-bond donors (Lipinski definition) is 1. The molecule has 0 aromatic carbocycles. The smallest absolute Gasteiger partial charge is 0.280 e. The first kappa shape index (κ1) is 21.4. The van der Waals surface area contributed by atoms with Gasteiger partial charge in [0.1, 0.15) is 11.5 Å². The van der Waals surface area contributed by atoms with Crippen molar-refractivity contribution < 1.29 is 13.5 Å². The highest BCUT2D eigenvalue weighted by atomic mass is 19.3. The zero-order chi connectivity index (χ0) is 22.1. The zero-order valence-corrected chi connectivity index (χ0v) is 18.3. The van der Waals surface area contributed by atoms with Crippen molar-refractivity contribution in [1.82, 2.24) is 25.0 Å². The molecule has 1 aliphatic carbocycles. The number of rotatable bonds is 5. The van der Waals surface area contributed by atoms with Crippen molar-refractivity contribution in [1.29, 1.82) is 0 Å². The third-order valence-corrected chi connectivity index (χ3v) is 6.83. The molecule has 2 fully saturated rings. The first-order valence-electron chi connectivity index (χ1n) is 11.6. The number of hydrazone groups is 1. The normalized spacial score (nSPS) is 24.4. The second kappa shape index (κ2) is 9.17. The van der Waals surface area contributed by atoms with Crippen LogP contribution in [0.1, 0.15) is 44.1 Å². The second-order valence-electron chi connectivity index (χ2n) is 8.90. The van der Waals surface area contributed by atoms with Crippen LogP contribution in [-0.2, 0) is 11.3 Å².